The van der Waals surface area contributed by atoms with Crippen molar-refractivity contribution >= 4 is 17.5 Å². The molecule has 2 aromatic carbocycles. The third kappa shape index (κ3) is 6.15. The van der Waals surface area contributed by atoms with Gasteiger partial charge in [0.05, 0.1) is 13.2 Å². The van der Waals surface area contributed by atoms with Gasteiger partial charge in [-0.1, -0.05) is 36.8 Å². The Morgan fingerprint density at radius 2 is 1.77 bits per heavy atom. The van der Waals surface area contributed by atoms with E-state index in [0.29, 0.717) is 12.0 Å². The summed E-state index contributed by atoms with van der Waals surface area (Å²) < 4.78 is 5.40. The molecule has 0 spiro atoms. The molecule has 0 aromatic heterocycles. The standard InChI is InChI=1S/C25H33N3O3/c1-5-24(29)27(4)23-15-21(20-8-6-18(2)7-9-20)14-22(16-23)25(30)26-19(3)17-28-10-12-31-13-11-28/h6-9,14-16,19H,5,10-13,17H2,1-4H3,(H,26,30)/t19-/m1/s1. The molecule has 1 heterocycles. The lowest BCUT2D eigenvalue weighted by Crippen LogP contribution is -2.46. The van der Waals surface area contributed by atoms with Crippen LogP contribution in [0, 0.1) is 6.92 Å². The van der Waals surface area contributed by atoms with E-state index in [-0.39, 0.29) is 17.9 Å². The number of nitrogens with zero attached hydrogens (tertiary/aromatic N) is 2. The van der Waals surface area contributed by atoms with Gasteiger partial charge in [-0.3, -0.25) is 14.5 Å². The highest BCUT2D eigenvalue weighted by Gasteiger charge is 2.18. The van der Waals surface area contributed by atoms with Crippen molar-refractivity contribution in [3.63, 3.8) is 0 Å². The molecule has 0 bridgehead atoms. The molecular formula is C25H33N3O3. The second kappa shape index (κ2) is 10.6. The lowest BCUT2D eigenvalue weighted by atomic mass is 10.00. The highest BCUT2D eigenvalue weighted by atomic mass is 16.5. The van der Waals surface area contributed by atoms with Gasteiger partial charge in [-0.05, 0) is 43.2 Å². The number of amides is 2. The predicted octanol–water partition coefficient (Wildman–Crippen LogP) is 3.49. The van der Waals surface area contributed by atoms with E-state index in [1.165, 1.54) is 5.56 Å². The first-order valence-electron chi connectivity index (χ1n) is 11.0. The second-order valence-electron chi connectivity index (χ2n) is 8.23. The molecular weight excluding hydrogens is 390 g/mol. The van der Waals surface area contributed by atoms with Crippen LogP contribution in [0.25, 0.3) is 11.1 Å². The quantitative estimate of drug-likeness (QED) is 0.741. The van der Waals surface area contributed by atoms with Gasteiger partial charge in [0.25, 0.3) is 5.91 Å². The Morgan fingerprint density at radius 1 is 1.10 bits per heavy atom. The number of nitrogens with one attached hydrogen (secondary N) is 1. The van der Waals surface area contributed by atoms with Crippen molar-refractivity contribution in [3.8, 4) is 11.1 Å². The number of hydrogen-bond acceptors (Lipinski definition) is 4. The first kappa shape index (κ1) is 23.0. The molecule has 3 rings (SSSR count). The van der Waals surface area contributed by atoms with Crippen LogP contribution in [-0.4, -0.2) is 62.7 Å². The molecule has 31 heavy (non-hydrogen) atoms. The largest absolute Gasteiger partial charge is 0.379 e. The molecule has 2 aromatic rings. The Kier molecular flexibility index (Phi) is 7.82. The Bertz CT molecular complexity index is 905. The molecule has 0 aliphatic carbocycles. The summed E-state index contributed by atoms with van der Waals surface area (Å²) in [6.07, 6.45) is 0.406. The molecule has 1 aliphatic heterocycles. The van der Waals surface area contributed by atoms with E-state index in [1.807, 2.05) is 57.2 Å². The maximum atomic E-state index is 13.1. The van der Waals surface area contributed by atoms with Crippen molar-refractivity contribution < 1.29 is 14.3 Å². The number of benzene rings is 2. The Morgan fingerprint density at radius 3 is 2.42 bits per heavy atom. The van der Waals surface area contributed by atoms with E-state index >= 15 is 0 Å². The molecule has 0 radical (unpaired) electrons. The number of aryl methyl sites for hydroxylation is 1. The van der Waals surface area contributed by atoms with Crippen molar-refractivity contribution in [2.75, 3.05) is 44.8 Å². The fourth-order valence-corrected chi connectivity index (χ4v) is 3.75. The van der Waals surface area contributed by atoms with E-state index < -0.39 is 0 Å². The topological polar surface area (TPSA) is 61.9 Å². The van der Waals surface area contributed by atoms with Crippen LogP contribution in [0.2, 0.25) is 0 Å². The van der Waals surface area contributed by atoms with Gasteiger partial charge in [0.1, 0.15) is 0 Å². The number of anilines is 1. The molecule has 2 amide bonds. The number of ether oxygens (including phenoxy) is 1. The van der Waals surface area contributed by atoms with Crippen molar-refractivity contribution in [3.05, 3.63) is 53.6 Å². The summed E-state index contributed by atoms with van der Waals surface area (Å²) in [5.41, 5.74) is 4.38. The van der Waals surface area contributed by atoms with Crippen LogP contribution in [0.4, 0.5) is 5.69 Å². The van der Waals surface area contributed by atoms with Crippen LogP contribution in [0.3, 0.4) is 0 Å². The van der Waals surface area contributed by atoms with Crippen molar-refractivity contribution in [2.24, 2.45) is 0 Å². The predicted molar refractivity (Wildman–Crippen MR) is 125 cm³/mol. The fourth-order valence-electron chi connectivity index (χ4n) is 3.75. The van der Waals surface area contributed by atoms with Gasteiger partial charge in [0.2, 0.25) is 5.91 Å². The molecule has 0 unspecified atom stereocenters. The van der Waals surface area contributed by atoms with Gasteiger partial charge < -0.3 is 15.0 Å². The number of carbonyl (C=O) groups excluding carboxylic acids is 2. The van der Waals surface area contributed by atoms with Gasteiger partial charge in [-0.15, -0.1) is 0 Å². The number of hydrogen-bond donors (Lipinski definition) is 1. The zero-order chi connectivity index (χ0) is 22.4. The van der Waals surface area contributed by atoms with Crippen LogP contribution < -0.4 is 10.2 Å². The minimum absolute atomic E-state index is 0.00656. The molecule has 1 fully saturated rings. The smallest absolute Gasteiger partial charge is 0.251 e. The normalized spacial score (nSPS) is 15.4. The first-order valence-corrected chi connectivity index (χ1v) is 11.0. The van der Waals surface area contributed by atoms with Crippen LogP contribution in [0.1, 0.15) is 36.2 Å². The Balaban J connectivity index is 1.84. The van der Waals surface area contributed by atoms with E-state index in [1.54, 1.807) is 18.0 Å². The van der Waals surface area contributed by atoms with Crippen molar-refractivity contribution in [1.82, 2.24) is 10.2 Å². The number of morpholine rings is 1. The maximum Gasteiger partial charge on any atom is 0.251 e. The summed E-state index contributed by atoms with van der Waals surface area (Å²) in [5.74, 6) is -0.124. The van der Waals surface area contributed by atoms with Crippen molar-refractivity contribution in [1.29, 1.82) is 0 Å². The minimum atomic E-state index is -0.131. The lowest BCUT2D eigenvalue weighted by molar-refractivity contribution is -0.118. The average Bonchev–Trinajstić information content (AvgIpc) is 2.78. The van der Waals surface area contributed by atoms with Crippen LogP contribution in [-0.2, 0) is 9.53 Å². The summed E-state index contributed by atoms with van der Waals surface area (Å²) in [6, 6.07) is 13.8. The van der Waals surface area contributed by atoms with Crippen LogP contribution in [0.15, 0.2) is 42.5 Å². The second-order valence-corrected chi connectivity index (χ2v) is 8.23. The fraction of sp³-hybridized carbons (Fsp3) is 0.440. The van der Waals surface area contributed by atoms with E-state index in [0.717, 1.165) is 49.7 Å². The first-order chi connectivity index (χ1) is 14.9. The Hall–Kier alpha value is -2.70. The Labute approximate surface area is 185 Å². The lowest BCUT2D eigenvalue weighted by Gasteiger charge is -2.29. The number of rotatable bonds is 7. The van der Waals surface area contributed by atoms with Crippen LogP contribution >= 0.6 is 0 Å². The van der Waals surface area contributed by atoms with Crippen molar-refractivity contribution in [2.45, 2.75) is 33.2 Å². The summed E-state index contributed by atoms with van der Waals surface area (Å²) >= 11 is 0. The molecule has 6 nitrogen and oxygen atoms in total. The summed E-state index contributed by atoms with van der Waals surface area (Å²) in [5, 5.41) is 3.12. The molecule has 1 aliphatic rings. The molecule has 1 N–H and O–H groups in total. The molecule has 6 heteroatoms. The van der Waals surface area contributed by atoms with Gasteiger partial charge in [0.15, 0.2) is 0 Å². The molecule has 1 saturated heterocycles. The number of carbonyl (C=O) groups is 2. The molecule has 0 saturated carbocycles. The van der Waals surface area contributed by atoms with Gasteiger partial charge in [0, 0.05) is 50.4 Å². The highest BCUT2D eigenvalue weighted by Crippen LogP contribution is 2.27. The van der Waals surface area contributed by atoms with E-state index in [4.69, 9.17) is 4.74 Å². The molecule has 1 atom stereocenters. The third-order valence-corrected chi connectivity index (χ3v) is 5.64. The monoisotopic (exact) mass is 423 g/mol. The highest BCUT2D eigenvalue weighted by molar-refractivity contribution is 5.99. The molecule has 166 valence electrons. The zero-order valence-electron chi connectivity index (χ0n) is 19.0. The summed E-state index contributed by atoms with van der Waals surface area (Å²) in [6.45, 7) is 9.93. The zero-order valence-corrected chi connectivity index (χ0v) is 19.0. The third-order valence-electron chi connectivity index (χ3n) is 5.64. The van der Waals surface area contributed by atoms with E-state index in [9.17, 15) is 9.59 Å². The van der Waals surface area contributed by atoms with Gasteiger partial charge in [-0.2, -0.15) is 0 Å². The SMILES string of the molecule is CCC(=O)N(C)c1cc(C(=O)N[C@H](C)CN2CCOCC2)cc(-c2ccc(C)cc2)c1. The van der Waals surface area contributed by atoms with E-state index in [2.05, 4.69) is 10.2 Å². The summed E-state index contributed by atoms with van der Waals surface area (Å²) in [7, 11) is 1.75. The summed E-state index contributed by atoms with van der Waals surface area (Å²) in [4.78, 5) is 29.3. The van der Waals surface area contributed by atoms with Gasteiger partial charge >= 0.3 is 0 Å². The maximum absolute atomic E-state index is 13.1. The van der Waals surface area contributed by atoms with Gasteiger partial charge in [-0.25, -0.2) is 0 Å². The minimum Gasteiger partial charge on any atom is -0.379 e. The average molecular weight is 424 g/mol. The van der Waals surface area contributed by atoms with Crippen LogP contribution in [0.5, 0.6) is 0 Å².